The maximum absolute atomic E-state index is 12.5. The topological polar surface area (TPSA) is 77.5 Å². The second kappa shape index (κ2) is 6.87. The van der Waals surface area contributed by atoms with E-state index in [1.165, 1.54) is 13.8 Å². The Hall–Kier alpha value is -0.980. The van der Waals surface area contributed by atoms with Gasteiger partial charge in [-0.15, -0.1) is 0 Å². The van der Waals surface area contributed by atoms with Gasteiger partial charge < -0.3 is 4.74 Å². The summed E-state index contributed by atoms with van der Waals surface area (Å²) in [6.07, 6.45) is -3.27. The number of hydrogen-bond donors (Lipinski definition) is 0. The molecule has 0 aromatic rings. The molecule has 0 N–H and O–H groups in total. The molecule has 0 fully saturated rings. The van der Waals surface area contributed by atoms with E-state index in [9.17, 15) is 43.2 Å². The second-order valence-electron chi connectivity index (χ2n) is 4.50. The van der Waals surface area contributed by atoms with Crippen LogP contribution in [0.2, 0.25) is 0 Å². The van der Waals surface area contributed by atoms with E-state index in [4.69, 9.17) is 4.74 Å². The SMILES string of the molecule is C=C(C)OC(CC)CC(S(=O)(=O)C(F)(F)F)S(=O)(=O)C(F)(F)F. The van der Waals surface area contributed by atoms with E-state index in [1.807, 2.05) is 0 Å². The Bertz CT molecular complexity index is 588. The van der Waals surface area contributed by atoms with Gasteiger partial charge in [-0.2, -0.15) is 26.3 Å². The minimum absolute atomic E-state index is 0.121. The highest BCUT2D eigenvalue weighted by Crippen LogP contribution is 2.38. The van der Waals surface area contributed by atoms with Crippen LogP contribution in [0.3, 0.4) is 0 Å². The summed E-state index contributed by atoms with van der Waals surface area (Å²) < 4.78 is 121. The predicted molar refractivity (Wildman–Crippen MR) is 68.3 cm³/mol. The Kier molecular flexibility index (Phi) is 6.58. The van der Waals surface area contributed by atoms with Gasteiger partial charge in [-0.3, -0.25) is 0 Å². The highest BCUT2D eigenvalue weighted by molar-refractivity contribution is 8.09. The van der Waals surface area contributed by atoms with Crippen LogP contribution >= 0.6 is 0 Å². The maximum atomic E-state index is 12.5. The van der Waals surface area contributed by atoms with Gasteiger partial charge in [0.05, 0.1) is 5.76 Å². The fourth-order valence-electron chi connectivity index (χ4n) is 1.52. The number of ether oxygens (including phenoxy) is 1. The van der Waals surface area contributed by atoms with E-state index < -0.39 is 47.8 Å². The first-order chi connectivity index (χ1) is 9.98. The number of sulfone groups is 2. The summed E-state index contributed by atoms with van der Waals surface area (Å²) in [6.45, 7) is 5.69. The lowest BCUT2D eigenvalue weighted by molar-refractivity contribution is -0.0477. The Morgan fingerprint density at radius 1 is 1.00 bits per heavy atom. The van der Waals surface area contributed by atoms with Crippen LogP contribution in [0.1, 0.15) is 26.7 Å². The molecule has 23 heavy (non-hydrogen) atoms. The molecule has 1 atom stereocenters. The van der Waals surface area contributed by atoms with Crippen molar-refractivity contribution in [3.8, 4) is 0 Å². The zero-order valence-electron chi connectivity index (χ0n) is 11.9. The third-order valence-corrected chi connectivity index (χ3v) is 7.20. The van der Waals surface area contributed by atoms with Crippen molar-refractivity contribution in [1.82, 2.24) is 0 Å². The molecule has 5 nitrogen and oxygen atoms in total. The first-order valence-corrected chi connectivity index (χ1v) is 9.00. The molecule has 0 amide bonds. The van der Waals surface area contributed by atoms with Gasteiger partial charge >= 0.3 is 11.0 Å². The predicted octanol–water partition coefficient (Wildman–Crippen LogP) is 2.90. The van der Waals surface area contributed by atoms with Crippen LogP contribution in [0.25, 0.3) is 0 Å². The summed E-state index contributed by atoms with van der Waals surface area (Å²) in [5.74, 6) is -0.121. The van der Waals surface area contributed by atoms with E-state index in [1.54, 1.807) is 0 Å². The summed E-state index contributed by atoms with van der Waals surface area (Å²) in [6, 6.07) is 0. The van der Waals surface area contributed by atoms with Crippen LogP contribution < -0.4 is 0 Å². The largest absolute Gasteiger partial charge is 0.498 e. The van der Waals surface area contributed by atoms with Gasteiger partial charge in [0.1, 0.15) is 6.10 Å². The Balaban J connectivity index is 6.11. The highest BCUT2D eigenvalue weighted by atomic mass is 32.3. The molecule has 0 rings (SSSR count). The number of alkyl halides is 6. The third kappa shape index (κ3) is 4.99. The second-order valence-corrected chi connectivity index (χ2v) is 9.04. The normalized spacial score (nSPS) is 15.5. The zero-order chi connectivity index (χ0) is 18.9. The highest BCUT2D eigenvalue weighted by Gasteiger charge is 2.63. The molecule has 13 heteroatoms. The zero-order valence-corrected chi connectivity index (χ0v) is 13.5. The molecule has 138 valence electrons. The monoisotopic (exact) mass is 392 g/mol. The van der Waals surface area contributed by atoms with Crippen LogP contribution in [-0.4, -0.2) is 38.5 Å². The molecule has 0 spiro atoms. The lowest BCUT2D eigenvalue weighted by Gasteiger charge is -2.25. The van der Waals surface area contributed by atoms with E-state index in [0.717, 1.165) is 0 Å². The first kappa shape index (κ1) is 22.0. The van der Waals surface area contributed by atoms with E-state index in [0.29, 0.717) is 0 Å². The molecule has 0 aromatic carbocycles. The van der Waals surface area contributed by atoms with Gasteiger partial charge in [0, 0.05) is 6.42 Å². The molecule has 0 aromatic heterocycles. The van der Waals surface area contributed by atoms with Crippen molar-refractivity contribution in [2.75, 3.05) is 0 Å². The van der Waals surface area contributed by atoms with Crippen molar-refractivity contribution in [2.45, 2.75) is 48.4 Å². The van der Waals surface area contributed by atoms with Crippen LogP contribution in [-0.2, 0) is 24.4 Å². The van der Waals surface area contributed by atoms with Crippen molar-refractivity contribution >= 4 is 19.7 Å². The molecule has 0 aliphatic heterocycles. The fourth-order valence-corrected chi connectivity index (χ4v) is 5.04. The Morgan fingerprint density at radius 2 is 1.35 bits per heavy atom. The number of rotatable bonds is 7. The van der Waals surface area contributed by atoms with Gasteiger partial charge in [0.2, 0.25) is 0 Å². The van der Waals surface area contributed by atoms with Gasteiger partial charge in [0.25, 0.3) is 19.7 Å². The van der Waals surface area contributed by atoms with Crippen molar-refractivity contribution < 1.29 is 47.9 Å². The smallest absolute Gasteiger partial charge is 0.496 e. The Labute approximate surface area is 129 Å². The molecule has 0 aliphatic carbocycles. The molecule has 1 unspecified atom stereocenters. The summed E-state index contributed by atoms with van der Waals surface area (Å²) in [5.41, 5.74) is -12.3. The van der Waals surface area contributed by atoms with Crippen LogP contribution in [0, 0.1) is 0 Å². The molecule has 0 radical (unpaired) electrons. The molecule has 0 aliphatic rings. The van der Waals surface area contributed by atoms with Gasteiger partial charge in [-0.05, 0) is 13.3 Å². The minimum atomic E-state index is -6.64. The fraction of sp³-hybridized carbons (Fsp3) is 0.800. The van der Waals surface area contributed by atoms with Crippen LogP contribution in [0.4, 0.5) is 26.3 Å². The summed E-state index contributed by atoms with van der Waals surface area (Å²) in [7, 11) is -13.3. The molecule has 0 bridgehead atoms. The average Bonchev–Trinajstić information content (AvgIpc) is 2.30. The summed E-state index contributed by atoms with van der Waals surface area (Å²) in [5, 5.41) is 0. The van der Waals surface area contributed by atoms with E-state index in [-0.39, 0.29) is 12.2 Å². The van der Waals surface area contributed by atoms with Crippen LogP contribution in [0.5, 0.6) is 0 Å². The Morgan fingerprint density at radius 3 is 1.57 bits per heavy atom. The van der Waals surface area contributed by atoms with Gasteiger partial charge in [-0.25, -0.2) is 16.8 Å². The summed E-state index contributed by atoms with van der Waals surface area (Å²) in [4.78, 5) is 0. The third-order valence-electron chi connectivity index (χ3n) is 2.62. The lowest BCUT2D eigenvalue weighted by atomic mass is 10.2. The van der Waals surface area contributed by atoms with Crippen molar-refractivity contribution in [3.63, 3.8) is 0 Å². The van der Waals surface area contributed by atoms with Crippen molar-refractivity contribution in [2.24, 2.45) is 0 Å². The van der Waals surface area contributed by atoms with Gasteiger partial charge in [0.15, 0.2) is 4.58 Å². The summed E-state index contributed by atoms with van der Waals surface area (Å²) >= 11 is 0. The van der Waals surface area contributed by atoms with E-state index in [2.05, 4.69) is 6.58 Å². The van der Waals surface area contributed by atoms with Gasteiger partial charge in [-0.1, -0.05) is 13.5 Å². The molecule has 0 saturated carbocycles. The molecule has 0 saturated heterocycles. The maximum Gasteiger partial charge on any atom is 0.498 e. The average molecular weight is 392 g/mol. The lowest BCUT2D eigenvalue weighted by Crippen LogP contribution is -2.46. The first-order valence-electron chi connectivity index (χ1n) is 5.91. The molecule has 0 heterocycles. The quantitative estimate of drug-likeness (QED) is 0.492. The van der Waals surface area contributed by atoms with Crippen molar-refractivity contribution in [1.29, 1.82) is 0 Å². The van der Waals surface area contributed by atoms with Crippen molar-refractivity contribution in [3.05, 3.63) is 12.3 Å². The number of halogens is 6. The molecular weight excluding hydrogens is 378 g/mol. The van der Waals surface area contributed by atoms with E-state index >= 15 is 0 Å². The molecular formula is C10H14F6O5S2. The number of allylic oxidation sites excluding steroid dienone is 1. The minimum Gasteiger partial charge on any atom is -0.496 e. The number of hydrogen-bond acceptors (Lipinski definition) is 5. The standard InChI is InChI=1S/C10H14F6O5S2/c1-4-7(21-6(2)3)5-8(22(17,18)9(11,12)13)23(19,20)10(14,15)16/h7-8H,2,4-5H2,1,3H3. The van der Waals surface area contributed by atoms with Crippen LogP contribution in [0.15, 0.2) is 12.3 Å².